The van der Waals surface area contributed by atoms with E-state index in [0.717, 1.165) is 34.1 Å². The van der Waals surface area contributed by atoms with Crippen LogP contribution in [-0.2, 0) is 4.79 Å². The minimum atomic E-state index is -0.473. The van der Waals surface area contributed by atoms with Gasteiger partial charge in [-0.3, -0.25) is 4.79 Å². The first kappa shape index (κ1) is 12.8. The number of aliphatic hydroxyl groups excluding tert-OH is 1. The molecule has 92 valence electrons. The second kappa shape index (κ2) is 5.35. The number of hydrogen-bond donors (Lipinski definition) is 2. The van der Waals surface area contributed by atoms with Crippen LogP contribution in [0.25, 0.3) is 0 Å². The summed E-state index contributed by atoms with van der Waals surface area (Å²) in [5, 5.41) is 12.6. The standard InChI is InChI=1S/C13H16INO2/c1-8-7-9(14)5-6-11(8)15-13(17)10-3-2-4-12(10)16/h5-7,10,12,16H,2-4H2,1H3,(H,15,17). The Morgan fingerprint density at radius 3 is 2.82 bits per heavy atom. The summed E-state index contributed by atoms with van der Waals surface area (Å²) in [5.74, 6) is -0.298. The van der Waals surface area contributed by atoms with E-state index in [1.165, 1.54) is 0 Å². The Kier molecular flexibility index (Phi) is 4.04. The minimum Gasteiger partial charge on any atom is -0.392 e. The predicted octanol–water partition coefficient (Wildman–Crippen LogP) is 2.70. The van der Waals surface area contributed by atoms with Crippen LogP contribution in [0.2, 0.25) is 0 Å². The second-order valence-corrected chi connectivity index (χ2v) is 5.80. The lowest BCUT2D eigenvalue weighted by Gasteiger charge is -2.15. The van der Waals surface area contributed by atoms with Crippen molar-refractivity contribution in [2.45, 2.75) is 32.3 Å². The fourth-order valence-electron chi connectivity index (χ4n) is 2.24. The third kappa shape index (κ3) is 2.98. The number of anilines is 1. The van der Waals surface area contributed by atoms with Crippen LogP contribution in [0.1, 0.15) is 24.8 Å². The molecular weight excluding hydrogens is 329 g/mol. The van der Waals surface area contributed by atoms with E-state index in [1.54, 1.807) is 0 Å². The molecule has 0 heterocycles. The zero-order chi connectivity index (χ0) is 12.4. The maximum Gasteiger partial charge on any atom is 0.230 e. The van der Waals surface area contributed by atoms with Gasteiger partial charge in [0.15, 0.2) is 0 Å². The Balaban J connectivity index is 2.07. The second-order valence-electron chi connectivity index (χ2n) is 4.55. The first-order chi connectivity index (χ1) is 8.08. The van der Waals surface area contributed by atoms with Gasteiger partial charge in [-0.05, 0) is 72.5 Å². The van der Waals surface area contributed by atoms with Gasteiger partial charge in [-0.25, -0.2) is 0 Å². The van der Waals surface area contributed by atoms with Gasteiger partial charge < -0.3 is 10.4 Å². The number of carbonyl (C=O) groups is 1. The van der Waals surface area contributed by atoms with Crippen molar-refractivity contribution < 1.29 is 9.90 Å². The molecule has 1 saturated carbocycles. The van der Waals surface area contributed by atoms with Crippen LogP contribution >= 0.6 is 22.6 Å². The van der Waals surface area contributed by atoms with Crippen molar-refractivity contribution >= 4 is 34.2 Å². The molecule has 1 aromatic carbocycles. The van der Waals surface area contributed by atoms with Gasteiger partial charge in [-0.1, -0.05) is 0 Å². The van der Waals surface area contributed by atoms with Crippen molar-refractivity contribution in [3.63, 3.8) is 0 Å². The van der Waals surface area contributed by atoms with Gasteiger partial charge in [0, 0.05) is 9.26 Å². The van der Waals surface area contributed by atoms with E-state index in [4.69, 9.17) is 0 Å². The Morgan fingerprint density at radius 2 is 2.24 bits per heavy atom. The third-order valence-corrected chi connectivity index (χ3v) is 3.93. The number of benzene rings is 1. The number of hydrogen-bond acceptors (Lipinski definition) is 2. The van der Waals surface area contributed by atoms with Crippen molar-refractivity contribution in [3.8, 4) is 0 Å². The SMILES string of the molecule is Cc1cc(I)ccc1NC(=O)C1CCCC1O. The summed E-state index contributed by atoms with van der Waals surface area (Å²) < 4.78 is 1.15. The Morgan fingerprint density at radius 1 is 1.47 bits per heavy atom. The van der Waals surface area contributed by atoms with E-state index >= 15 is 0 Å². The molecule has 1 aromatic rings. The van der Waals surface area contributed by atoms with Crippen LogP contribution in [-0.4, -0.2) is 17.1 Å². The summed E-state index contributed by atoms with van der Waals surface area (Å²) in [6.45, 7) is 1.98. The quantitative estimate of drug-likeness (QED) is 0.810. The maximum absolute atomic E-state index is 12.0. The molecule has 2 atom stereocenters. The summed E-state index contributed by atoms with van der Waals surface area (Å²) in [6.07, 6.45) is 1.99. The highest BCUT2D eigenvalue weighted by Gasteiger charge is 2.31. The topological polar surface area (TPSA) is 49.3 Å². The van der Waals surface area contributed by atoms with Crippen molar-refractivity contribution in [2.24, 2.45) is 5.92 Å². The normalized spacial score (nSPS) is 23.7. The van der Waals surface area contributed by atoms with Gasteiger partial charge in [0.1, 0.15) is 0 Å². The van der Waals surface area contributed by atoms with Crippen LogP contribution in [0.4, 0.5) is 5.69 Å². The molecular formula is C13H16INO2. The average Bonchev–Trinajstić information content (AvgIpc) is 2.68. The van der Waals surface area contributed by atoms with Gasteiger partial charge in [-0.15, -0.1) is 0 Å². The first-order valence-electron chi connectivity index (χ1n) is 5.83. The van der Waals surface area contributed by atoms with E-state index in [9.17, 15) is 9.90 Å². The lowest BCUT2D eigenvalue weighted by atomic mass is 10.0. The van der Waals surface area contributed by atoms with Gasteiger partial charge in [0.05, 0.1) is 12.0 Å². The van der Waals surface area contributed by atoms with Crippen LogP contribution in [0, 0.1) is 16.4 Å². The molecule has 0 radical (unpaired) electrons. The highest BCUT2D eigenvalue weighted by Crippen LogP contribution is 2.27. The summed E-state index contributed by atoms with van der Waals surface area (Å²) in [4.78, 5) is 12.0. The zero-order valence-corrected chi connectivity index (χ0v) is 11.9. The van der Waals surface area contributed by atoms with Gasteiger partial charge in [0.2, 0.25) is 5.91 Å². The Labute approximate surface area is 115 Å². The molecule has 0 bridgehead atoms. The van der Waals surface area contributed by atoms with Gasteiger partial charge >= 0.3 is 0 Å². The fraction of sp³-hybridized carbons (Fsp3) is 0.462. The Bertz CT molecular complexity index is 433. The summed E-state index contributed by atoms with van der Waals surface area (Å²) in [7, 11) is 0. The van der Waals surface area contributed by atoms with E-state index in [-0.39, 0.29) is 11.8 Å². The predicted molar refractivity (Wildman–Crippen MR) is 75.9 cm³/mol. The Hall–Kier alpha value is -0.620. The highest BCUT2D eigenvalue weighted by atomic mass is 127. The molecule has 17 heavy (non-hydrogen) atoms. The molecule has 0 aliphatic heterocycles. The number of carbonyl (C=O) groups excluding carboxylic acids is 1. The summed E-state index contributed by atoms with van der Waals surface area (Å²) in [6, 6.07) is 5.91. The van der Waals surface area contributed by atoms with E-state index in [2.05, 4.69) is 27.9 Å². The minimum absolute atomic E-state index is 0.0562. The molecule has 1 aliphatic carbocycles. The van der Waals surface area contributed by atoms with Crippen LogP contribution in [0.5, 0.6) is 0 Å². The zero-order valence-electron chi connectivity index (χ0n) is 9.74. The van der Waals surface area contributed by atoms with E-state index in [0.29, 0.717) is 0 Å². The molecule has 0 saturated heterocycles. The number of halogens is 1. The van der Waals surface area contributed by atoms with Crippen LogP contribution in [0.3, 0.4) is 0 Å². The van der Waals surface area contributed by atoms with E-state index in [1.807, 2.05) is 25.1 Å². The molecule has 1 fully saturated rings. The number of amides is 1. The van der Waals surface area contributed by atoms with E-state index < -0.39 is 6.10 Å². The maximum atomic E-state index is 12.0. The highest BCUT2D eigenvalue weighted by molar-refractivity contribution is 14.1. The van der Waals surface area contributed by atoms with Gasteiger partial charge in [-0.2, -0.15) is 0 Å². The summed E-state index contributed by atoms with van der Waals surface area (Å²) in [5.41, 5.74) is 1.90. The number of rotatable bonds is 2. The molecule has 2 unspecified atom stereocenters. The monoisotopic (exact) mass is 345 g/mol. The van der Waals surface area contributed by atoms with Gasteiger partial charge in [0.25, 0.3) is 0 Å². The van der Waals surface area contributed by atoms with Crippen molar-refractivity contribution in [2.75, 3.05) is 5.32 Å². The van der Waals surface area contributed by atoms with Crippen molar-refractivity contribution in [3.05, 3.63) is 27.3 Å². The molecule has 2 N–H and O–H groups in total. The summed E-state index contributed by atoms with van der Waals surface area (Å²) >= 11 is 2.24. The number of aryl methyl sites for hydroxylation is 1. The fourth-order valence-corrected chi connectivity index (χ4v) is 2.89. The molecule has 1 amide bonds. The average molecular weight is 345 g/mol. The molecule has 3 nitrogen and oxygen atoms in total. The number of nitrogens with one attached hydrogen (secondary N) is 1. The van der Waals surface area contributed by atoms with Crippen molar-refractivity contribution in [1.82, 2.24) is 0 Å². The molecule has 4 heteroatoms. The van der Waals surface area contributed by atoms with Crippen molar-refractivity contribution in [1.29, 1.82) is 0 Å². The third-order valence-electron chi connectivity index (χ3n) is 3.26. The lowest BCUT2D eigenvalue weighted by Crippen LogP contribution is -2.28. The molecule has 1 aliphatic rings. The largest absolute Gasteiger partial charge is 0.392 e. The lowest BCUT2D eigenvalue weighted by molar-refractivity contribution is -0.122. The smallest absolute Gasteiger partial charge is 0.230 e. The number of aliphatic hydroxyl groups is 1. The molecule has 0 aromatic heterocycles. The first-order valence-corrected chi connectivity index (χ1v) is 6.91. The molecule has 2 rings (SSSR count). The van der Waals surface area contributed by atoms with Crippen LogP contribution < -0.4 is 5.32 Å². The van der Waals surface area contributed by atoms with Crippen LogP contribution in [0.15, 0.2) is 18.2 Å². The molecule has 0 spiro atoms.